The second-order valence-electron chi connectivity index (χ2n) is 9.87. The maximum Gasteiger partial charge on any atom is 0.341 e. The first-order chi connectivity index (χ1) is 18.7. The number of sulfonamides is 1. The molecule has 2 aromatic carbocycles. The highest BCUT2D eigenvalue weighted by Crippen LogP contribution is 2.46. The van der Waals surface area contributed by atoms with E-state index in [9.17, 15) is 27.5 Å². The van der Waals surface area contributed by atoms with Crippen molar-refractivity contribution < 1.29 is 27.4 Å². The van der Waals surface area contributed by atoms with Crippen molar-refractivity contribution in [2.45, 2.75) is 49.1 Å². The Labute approximate surface area is 227 Å². The van der Waals surface area contributed by atoms with Gasteiger partial charge in [-0.15, -0.1) is 11.3 Å². The van der Waals surface area contributed by atoms with Crippen LogP contribution in [0, 0.1) is 5.82 Å². The summed E-state index contributed by atoms with van der Waals surface area (Å²) in [6.45, 7) is 0. The summed E-state index contributed by atoms with van der Waals surface area (Å²) < 4.78 is 49.9. The van der Waals surface area contributed by atoms with Gasteiger partial charge in [0.25, 0.3) is 0 Å². The van der Waals surface area contributed by atoms with E-state index in [1.807, 2.05) is 10.6 Å². The summed E-state index contributed by atoms with van der Waals surface area (Å²) in [5.41, 5.74) is 1.37. The third-order valence-electron chi connectivity index (χ3n) is 7.32. The lowest BCUT2D eigenvalue weighted by Crippen LogP contribution is -2.30. The predicted octanol–water partition coefficient (Wildman–Crippen LogP) is 5.27. The Morgan fingerprint density at radius 2 is 1.90 bits per heavy atom. The fourth-order valence-corrected chi connectivity index (χ4v) is 7.83. The number of pyridine rings is 1. The van der Waals surface area contributed by atoms with Crippen molar-refractivity contribution in [2.24, 2.45) is 0 Å². The fraction of sp³-hybridized carbons (Fsp3) is 0.286. The normalized spacial score (nSPS) is 17.2. The van der Waals surface area contributed by atoms with E-state index < -0.39 is 33.3 Å². The summed E-state index contributed by atoms with van der Waals surface area (Å²) in [5, 5.41) is 9.87. The molecule has 11 heteroatoms. The maximum absolute atomic E-state index is 13.3. The molecule has 4 aromatic rings. The molecule has 2 aromatic heterocycles. The summed E-state index contributed by atoms with van der Waals surface area (Å²) in [4.78, 5) is 26.7. The molecule has 0 radical (unpaired) electrons. The molecule has 0 amide bonds. The van der Waals surface area contributed by atoms with Gasteiger partial charge in [-0.2, -0.15) is 0 Å². The van der Waals surface area contributed by atoms with Crippen molar-refractivity contribution in [3.05, 3.63) is 80.7 Å². The van der Waals surface area contributed by atoms with Gasteiger partial charge in [-0.3, -0.25) is 4.79 Å². The highest BCUT2D eigenvalue weighted by Gasteiger charge is 2.31. The second-order valence-corrected chi connectivity index (χ2v) is 12.7. The van der Waals surface area contributed by atoms with Crippen molar-refractivity contribution in [1.82, 2.24) is 9.29 Å². The molecule has 1 saturated carbocycles. The van der Waals surface area contributed by atoms with Crippen LogP contribution in [0.2, 0.25) is 0 Å². The number of aromatic nitrogens is 1. The lowest BCUT2D eigenvalue weighted by molar-refractivity contribution is 0.0694. The van der Waals surface area contributed by atoms with Gasteiger partial charge in [0.05, 0.1) is 22.9 Å². The molecule has 1 atom stereocenters. The van der Waals surface area contributed by atoms with Gasteiger partial charge in [0.1, 0.15) is 11.4 Å². The van der Waals surface area contributed by atoms with Gasteiger partial charge in [0.15, 0.2) is 5.75 Å². The molecular formula is C28H25FN2O6S2. The Kier molecular flexibility index (Phi) is 6.32. The molecule has 1 fully saturated rings. The first-order valence-corrected chi connectivity index (χ1v) is 14.9. The number of aryl methyl sites for hydroxylation is 1. The van der Waals surface area contributed by atoms with Crippen molar-refractivity contribution in [1.29, 1.82) is 0 Å². The molecule has 39 heavy (non-hydrogen) atoms. The number of methoxy groups -OCH3 is 1. The Morgan fingerprint density at radius 1 is 1.15 bits per heavy atom. The number of carboxylic acids is 1. The molecule has 2 aliphatic carbocycles. The number of hydrogen-bond donors (Lipinski definition) is 2. The smallest absolute Gasteiger partial charge is 0.341 e. The first-order valence-electron chi connectivity index (χ1n) is 12.6. The Balaban J connectivity index is 1.44. The van der Waals surface area contributed by atoms with Gasteiger partial charge in [0.2, 0.25) is 15.5 Å². The summed E-state index contributed by atoms with van der Waals surface area (Å²) in [6.07, 6.45) is 5.41. The third-order valence-corrected chi connectivity index (χ3v) is 10.1. The molecule has 0 bridgehead atoms. The summed E-state index contributed by atoms with van der Waals surface area (Å²) in [5.74, 6) is -1.29. The van der Waals surface area contributed by atoms with Crippen LogP contribution in [-0.4, -0.2) is 31.2 Å². The van der Waals surface area contributed by atoms with E-state index in [2.05, 4.69) is 4.72 Å². The van der Waals surface area contributed by atoms with Crippen LogP contribution in [0.25, 0.3) is 21.3 Å². The van der Waals surface area contributed by atoms with E-state index in [1.54, 1.807) is 23.5 Å². The summed E-state index contributed by atoms with van der Waals surface area (Å²) in [7, 11) is -2.34. The minimum absolute atomic E-state index is 0.00134. The lowest BCUT2D eigenvalue weighted by atomic mass is 9.94. The van der Waals surface area contributed by atoms with E-state index in [0.717, 1.165) is 58.7 Å². The van der Waals surface area contributed by atoms with Crippen molar-refractivity contribution in [2.75, 3.05) is 7.11 Å². The zero-order chi connectivity index (χ0) is 27.5. The van der Waals surface area contributed by atoms with Crippen LogP contribution in [0.1, 0.15) is 58.6 Å². The van der Waals surface area contributed by atoms with Crippen LogP contribution in [0.15, 0.2) is 58.4 Å². The second kappa shape index (κ2) is 9.58. The van der Waals surface area contributed by atoms with E-state index >= 15 is 0 Å². The number of carbonyl (C=O) groups is 1. The van der Waals surface area contributed by atoms with Gasteiger partial charge in [-0.25, -0.2) is 22.3 Å². The highest BCUT2D eigenvalue weighted by molar-refractivity contribution is 7.89. The number of aromatic carboxylic acids is 1. The Bertz CT molecular complexity index is 1790. The number of nitrogens with one attached hydrogen (secondary N) is 1. The zero-order valence-electron chi connectivity index (χ0n) is 20.9. The molecule has 2 aliphatic rings. The van der Waals surface area contributed by atoms with Crippen molar-refractivity contribution >= 4 is 38.2 Å². The largest absolute Gasteiger partial charge is 0.494 e. The molecule has 2 heterocycles. The van der Waals surface area contributed by atoms with Crippen LogP contribution in [0.5, 0.6) is 5.75 Å². The number of halogens is 1. The number of fused-ring (bicyclic) bond motifs is 2. The number of thiophene rings is 1. The van der Waals surface area contributed by atoms with Crippen LogP contribution < -0.4 is 14.9 Å². The molecule has 2 N–H and O–H groups in total. The minimum Gasteiger partial charge on any atom is -0.494 e. The van der Waals surface area contributed by atoms with Crippen LogP contribution >= 0.6 is 11.3 Å². The van der Waals surface area contributed by atoms with Gasteiger partial charge in [0, 0.05) is 33.6 Å². The molecule has 0 aliphatic heterocycles. The number of rotatable bonds is 7. The van der Waals surface area contributed by atoms with Crippen LogP contribution in [0.3, 0.4) is 0 Å². The molecule has 0 spiro atoms. The molecule has 8 nitrogen and oxygen atoms in total. The predicted molar refractivity (Wildman–Crippen MR) is 146 cm³/mol. The first kappa shape index (κ1) is 25.7. The van der Waals surface area contributed by atoms with E-state index in [-0.39, 0.29) is 21.9 Å². The van der Waals surface area contributed by atoms with Gasteiger partial charge < -0.3 is 14.4 Å². The van der Waals surface area contributed by atoms with Gasteiger partial charge in [-0.05, 0) is 80.1 Å². The van der Waals surface area contributed by atoms with Crippen molar-refractivity contribution in [3.63, 3.8) is 0 Å². The third kappa shape index (κ3) is 4.54. The maximum atomic E-state index is 13.3. The van der Waals surface area contributed by atoms with Crippen LogP contribution in [0.4, 0.5) is 4.39 Å². The average molecular weight is 569 g/mol. The fourth-order valence-electron chi connectivity index (χ4n) is 5.29. The Hall–Kier alpha value is -3.54. The van der Waals surface area contributed by atoms with Gasteiger partial charge >= 0.3 is 5.97 Å². The quantitative estimate of drug-likeness (QED) is 0.314. The SMILES string of the molecule is COc1c(-c2cc3c(s2)CCCC3NS(=O)(=O)c2ccc(F)cc2)ccc2c(=O)c(C(=O)O)cn(C3CC3)c12. The van der Waals surface area contributed by atoms with E-state index in [4.69, 9.17) is 4.74 Å². The van der Waals surface area contributed by atoms with Crippen LogP contribution in [-0.2, 0) is 16.4 Å². The Morgan fingerprint density at radius 3 is 2.56 bits per heavy atom. The van der Waals surface area contributed by atoms with E-state index in [1.165, 1.54) is 25.4 Å². The number of hydrogen-bond acceptors (Lipinski definition) is 6. The minimum atomic E-state index is -3.86. The zero-order valence-corrected chi connectivity index (χ0v) is 22.6. The topological polar surface area (TPSA) is 115 Å². The number of benzene rings is 2. The monoisotopic (exact) mass is 568 g/mol. The number of nitrogens with zero attached hydrogens (tertiary/aromatic N) is 1. The van der Waals surface area contributed by atoms with E-state index in [0.29, 0.717) is 17.7 Å². The highest BCUT2D eigenvalue weighted by atomic mass is 32.2. The number of carboxylic acid groups (broad SMARTS) is 1. The molecule has 6 rings (SSSR count). The van der Waals surface area contributed by atoms with Crippen molar-refractivity contribution in [3.8, 4) is 16.2 Å². The summed E-state index contributed by atoms with van der Waals surface area (Å²) in [6, 6.07) is 9.76. The molecule has 202 valence electrons. The average Bonchev–Trinajstić information content (AvgIpc) is 3.66. The number of ether oxygens (including phenoxy) is 1. The summed E-state index contributed by atoms with van der Waals surface area (Å²) >= 11 is 1.55. The standard InChI is InChI=1S/C28H25FN2O6S2/c1-37-27-18(11-12-19-25(27)31(16-7-8-16)14-21(26(19)32)28(33)34)24-13-20-22(3-2-4-23(20)38-24)30-39(35,36)17-9-5-15(29)6-10-17/h5-6,9-14,16,22,30H,2-4,7-8H2,1H3,(H,33,34). The van der Waals surface area contributed by atoms with Gasteiger partial charge in [-0.1, -0.05) is 0 Å². The molecule has 1 unspecified atom stereocenters. The molecular weight excluding hydrogens is 543 g/mol. The molecule has 0 saturated heterocycles. The lowest BCUT2D eigenvalue weighted by Gasteiger charge is -2.23.